The third-order valence-electron chi connectivity index (χ3n) is 5.65. The van der Waals surface area contributed by atoms with Crippen molar-refractivity contribution < 1.29 is 9.22 Å². The van der Waals surface area contributed by atoms with Gasteiger partial charge in [-0.2, -0.15) is 0 Å². The lowest BCUT2D eigenvalue weighted by molar-refractivity contribution is -0.131. The summed E-state index contributed by atoms with van der Waals surface area (Å²) in [5.41, 5.74) is 0. The minimum Gasteiger partial charge on any atom is -0.413 e. The first kappa shape index (κ1) is 16.8. The first-order chi connectivity index (χ1) is 10.1. The predicted molar refractivity (Wildman–Crippen MR) is 89.7 cm³/mol. The summed E-state index contributed by atoms with van der Waals surface area (Å²) in [5.74, 6) is 0.740. The maximum absolute atomic E-state index is 12.0. The van der Waals surface area contributed by atoms with E-state index in [4.69, 9.17) is 4.43 Å². The molecule has 0 unspecified atom stereocenters. The van der Waals surface area contributed by atoms with Crippen LogP contribution in [0.5, 0.6) is 0 Å². The zero-order chi connectivity index (χ0) is 15.5. The molecule has 0 aromatic heterocycles. The summed E-state index contributed by atoms with van der Waals surface area (Å²) in [6.07, 6.45) is 7.49. The van der Waals surface area contributed by atoms with Gasteiger partial charge in [0.25, 0.3) is 0 Å². The molecule has 2 aliphatic heterocycles. The normalized spacial score (nSPS) is 30.2. The van der Waals surface area contributed by atoms with Gasteiger partial charge in [0, 0.05) is 24.9 Å². The van der Waals surface area contributed by atoms with Crippen molar-refractivity contribution in [2.45, 2.75) is 77.2 Å². The first-order valence-corrected chi connectivity index (χ1v) is 11.2. The van der Waals surface area contributed by atoms with Crippen LogP contribution in [0.15, 0.2) is 12.2 Å². The standard InChI is InChI=1S/C17H31NO2Si/c1-5-9-14-15-10-11-17(19)18(15)13-12-16(14)20-21(6-2,7-3)8-4/h5,9,14-16H,6-8,10-13H2,1-4H3/b9-5+/t14-,15-,16+/m0/s1. The third kappa shape index (κ3) is 3.26. The molecule has 120 valence electrons. The average Bonchev–Trinajstić information content (AvgIpc) is 2.89. The van der Waals surface area contributed by atoms with Crippen LogP contribution < -0.4 is 0 Å². The molecule has 0 bridgehead atoms. The van der Waals surface area contributed by atoms with Crippen LogP contribution in [0, 0.1) is 5.92 Å². The molecule has 0 N–H and O–H groups in total. The Kier molecular flexibility index (Phi) is 5.66. The van der Waals surface area contributed by atoms with Gasteiger partial charge in [-0.05, 0) is 37.9 Å². The zero-order valence-corrected chi connectivity index (χ0v) is 15.1. The average molecular weight is 310 g/mol. The molecule has 2 saturated heterocycles. The number of hydrogen-bond acceptors (Lipinski definition) is 2. The van der Waals surface area contributed by atoms with Crippen LogP contribution in [-0.4, -0.2) is 37.8 Å². The van der Waals surface area contributed by atoms with Crippen LogP contribution in [0.25, 0.3) is 0 Å². The van der Waals surface area contributed by atoms with Gasteiger partial charge in [0.2, 0.25) is 5.91 Å². The molecule has 0 aliphatic carbocycles. The Morgan fingerprint density at radius 3 is 2.48 bits per heavy atom. The zero-order valence-electron chi connectivity index (χ0n) is 14.1. The monoisotopic (exact) mass is 309 g/mol. The largest absolute Gasteiger partial charge is 0.413 e. The second kappa shape index (κ2) is 7.10. The molecule has 21 heavy (non-hydrogen) atoms. The summed E-state index contributed by atoms with van der Waals surface area (Å²) in [7, 11) is -1.57. The molecule has 2 fully saturated rings. The molecule has 3 nitrogen and oxygen atoms in total. The molecule has 4 heteroatoms. The van der Waals surface area contributed by atoms with E-state index in [2.05, 4.69) is 44.7 Å². The van der Waals surface area contributed by atoms with Gasteiger partial charge in [0.05, 0.1) is 6.10 Å². The lowest BCUT2D eigenvalue weighted by Gasteiger charge is -2.44. The summed E-state index contributed by atoms with van der Waals surface area (Å²) in [5, 5.41) is 0. The smallest absolute Gasteiger partial charge is 0.222 e. The summed E-state index contributed by atoms with van der Waals surface area (Å²) in [6, 6.07) is 3.98. The molecule has 0 radical (unpaired) electrons. The fraction of sp³-hybridized carbons (Fsp3) is 0.824. The predicted octanol–water partition coefficient (Wildman–Crippen LogP) is 3.96. The molecule has 2 rings (SSSR count). The van der Waals surface area contributed by atoms with Crippen LogP contribution in [0.1, 0.15) is 47.0 Å². The highest BCUT2D eigenvalue weighted by atomic mass is 28.4. The third-order valence-corrected chi connectivity index (χ3v) is 10.3. The minimum absolute atomic E-state index is 0.319. The molecule has 0 saturated carbocycles. The van der Waals surface area contributed by atoms with Crippen molar-refractivity contribution in [3.63, 3.8) is 0 Å². The molecule has 0 aromatic rings. The fourth-order valence-corrected chi connectivity index (χ4v) is 7.00. The Morgan fingerprint density at radius 1 is 1.24 bits per heavy atom. The van der Waals surface area contributed by atoms with Crippen molar-refractivity contribution in [1.82, 2.24) is 4.90 Å². The number of piperidine rings is 1. The van der Waals surface area contributed by atoms with Crippen molar-refractivity contribution in [2.24, 2.45) is 5.92 Å². The van der Waals surface area contributed by atoms with Crippen molar-refractivity contribution in [3.8, 4) is 0 Å². The highest BCUT2D eigenvalue weighted by molar-refractivity contribution is 6.73. The molecule has 3 atom stereocenters. The summed E-state index contributed by atoms with van der Waals surface area (Å²) >= 11 is 0. The van der Waals surface area contributed by atoms with Gasteiger partial charge in [-0.3, -0.25) is 4.79 Å². The first-order valence-electron chi connectivity index (χ1n) is 8.70. The number of nitrogens with zero attached hydrogens (tertiary/aromatic N) is 1. The van der Waals surface area contributed by atoms with E-state index in [9.17, 15) is 4.79 Å². The van der Waals surface area contributed by atoms with E-state index in [0.29, 0.717) is 24.0 Å². The van der Waals surface area contributed by atoms with E-state index in [-0.39, 0.29) is 0 Å². The summed E-state index contributed by atoms with van der Waals surface area (Å²) < 4.78 is 6.78. The van der Waals surface area contributed by atoms with E-state index >= 15 is 0 Å². The highest BCUT2D eigenvalue weighted by Crippen LogP contribution is 2.37. The molecular weight excluding hydrogens is 278 g/mol. The van der Waals surface area contributed by atoms with Crippen molar-refractivity contribution >= 4 is 14.2 Å². The second-order valence-electron chi connectivity index (χ2n) is 6.48. The number of allylic oxidation sites excluding steroid dienone is 1. The Morgan fingerprint density at radius 2 is 1.90 bits per heavy atom. The van der Waals surface area contributed by atoms with E-state index in [1.807, 2.05) is 0 Å². The Bertz CT molecular complexity index is 384. The molecule has 2 aliphatic rings. The van der Waals surface area contributed by atoms with Crippen molar-refractivity contribution in [3.05, 3.63) is 12.2 Å². The number of carbonyl (C=O) groups excluding carboxylic acids is 1. The van der Waals surface area contributed by atoms with Gasteiger partial charge in [-0.1, -0.05) is 32.9 Å². The van der Waals surface area contributed by atoms with Crippen molar-refractivity contribution in [2.75, 3.05) is 6.54 Å². The number of amides is 1. The molecule has 2 heterocycles. The quantitative estimate of drug-likeness (QED) is 0.549. The topological polar surface area (TPSA) is 29.5 Å². The number of rotatable bonds is 6. The molecular formula is C17H31NO2Si. The van der Waals surface area contributed by atoms with Crippen LogP contribution >= 0.6 is 0 Å². The second-order valence-corrected chi connectivity index (χ2v) is 11.2. The Labute approximate surface area is 130 Å². The molecule has 1 amide bonds. The van der Waals surface area contributed by atoms with Gasteiger partial charge in [-0.25, -0.2) is 0 Å². The number of hydrogen-bond donors (Lipinski definition) is 0. The van der Waals surface area contributed by atoms with Gasteiger partial charge >= 0.3 is 0 Å². The maximum atomic E-state index is 12.0. The maximum Gasteiger partial charge on any atom is 0.222 e. The van der Waals surface area contributed by atoms with Gasteiger partial charge in [0.15, 0.2) is 8.32 Å². The number of carbonyl (C=O) groups is 1. The summed E-state index contributed by atoms with van der Waals surface area (Å²) in [6.45, 7) is 9.84. The number of fused-ring (bicyclic) bond motifs is 1. The lowest BCUT2D eigenvalue weighted by atomic mass is 9.86. The minimum atomic E-state index is -1.57. The van der Waals surface area contributed by atoms with Crippen LogP contribution in [-0.2, 0) is 9.22 Å². The fourth-order valence-electron chi connectivity index (χ4n) is 4.09. The van der Waals surface area contributed by atoms with Gasteiger partial charge in [-0.15, -0.1) is 0 Å². The van der Waals surface area contributed by atoms with Gasteiger partial charge < -0.3 is 9.33 Å². The molecule has 0 spiro atoms. The Hall–Kier alpha value is -0.613. The molecule has 0 aromatic carbocycles. The van der Waals surface area contributed by atoms with Gasteiger partial charge in [0.1, 0.15) is 0 Å². The highest BCUT2D eigenvalue weighted by Gasteiger charge is 2.45. The SMILES string of the molecule is C/C=C/[C@@H]1[C@H](O[Si](CC)(CC)CC)CCN2C(=O)CC[C@@H]12. The van der Waals surface area contributed by atoms with E-state index in [1.165, 1.54) is 18.1 Å². The lowest BCUT2D eigenvalue weighted by Crippen LogP contribution is -2.53. The van der Waals surface area contributed by atoms with E-state index in [0.717, 1.165) is 25.8 Å². The van der Waals surface area contributed by atoms with E-state index in [1.54, 1.807) is 0 Å². The van der Waals surface area contributed by atoms with Crippen LogP contribution in [0.3, 0.4) is 0 Å². The van der Waals surface area contributed by atoms with Crippen LogP contribution in [0.2, 0.25) is 18.1 Å². The summed E-state index contributed by atoms with van der Waals surface area (Å²) in [4.78, 5) is 14.1. The van der Waals surface area contributed by atoms with Crippen molar-refractivity contribution in [1.29, 1.82) is 0 Å². The van der Waals surface area contributed by atoms with E-state index < -0.39 is 8.32 Å². The van der Waals surface area contributed by atoms with Crippen LogP contribution in [0.4, 0.5) is 0 Å². The Balaban J connectivity index is 2.17.